The Kier molecular flexibility index (Phi) is 7.30. The van der Waals surface area contributed by atoms with Crippen LogP contribution >= 0.6 is 11.6 Å². The highest BCUT2D eigenvalue weighted by molar-refractivity contribution is 6.17. The van der Waals surface area contributed by atoms with Crippen LogP contribution in [0.2, 0.25) is 0 Å². The molecule has 2 N–H and O–H groups in total. The predicted octanol–water partition coefficient (Wildman–Crippen LogP) is 2.13. The molecule has 4 nitrogen and oxygen atoms in total. The highest BCUT2D eigenvalue weighted by atomic mass is 35.5. The number of alkyl halides is 1. The summed E-state index contributed by atoms with van der Waals surface area (Å²) >= 11 is 5.54. The predicted molar refractivity (Wildman–Crippen MR) is 75.6 cm³/mol. The van der Waals surface area contributed by atoms with Crippen molar-refractivity contribution < 1.29 is 14.3 Å². The Labute approximate surface area is 118 Å². The first-order valence-corrected chi connectivity index (χ1v) is 6.82. The minimum absolute atomic E-state index is 0.370. The molecule has 0 aromatic heterocycles. The summed E-state index contributed by atoms with van der Waals surface area (Å²) in [6.07, 6.45) is 2.06. The quantitative estimate of drug-likeness (QED) is 0.451. The van der Waals surface area contributed by atoms with Gasteiger partial charge in [0.15, 0.2) is 0 Å². The van der Waals surface area contributed by atoms with E-state index in [4.69, 9.17) is 26.8 Å². The van der Waals surface area contributed by atoms with Gasteiger partial charge in [-0.2, -0.15) is 0 Å². The Hall–Kier alpha value is -1.26. The lowest BCUT2D eigenvalue weighted by Crippen LogP contribution is -2.34. The first kappa shape index (κ1) is 15.8. The number of rotatable bonds is 8. The second-order valence-corrected chi connectivity index (χ2v) is 4.60. The maximum atomic E-state index is 11.6. The maximum Gasteiger partial charge on any atom is 0.323 e. The van der Waals surface area contributed by atoms with E-state index in [1.807, 2.05) is 24.3 Å². The van der Waals surface area contributed by atoms with Gasteiger partial charge in [-0.05, 0) is 37.0 Å². The van der Waals surface area contributed by atoms with Crippen LogP contribution in [0.15, 0.2) is 24.3 Å². The minimum atomic E-state index is -0.635. The van der Waals surface area contributed by atoms with Gasteiger partial charge in [-0.3, -0.25) is 4.79 Å². The van der Waals surface area contributed by atoms with Crippen LogP contribution in [-0.4, -0.2) is 31.6 Å². The first-order valence-electron chi connectivity index (χ1n) is 6.28. The smallest absolute Gasteiger partial charge is 0.323 e. The van der Waals surface area contributed by atoms with E-state index in [9.17, 15) is 4.79 Å². The normalized spacial score (nSPS) is 11.9. The third-order valence-electron chi connectivity index (χ3n) is 2.69. The van der Waals surface area contributed by atoms with Gasteiger partial charge >= 0.3 is 5.97 Å². The largest absolute Gasteiger partial charge is 0.497 e. The Morgan fingerprint density at radius 2 is 2.00 bits per heavy atom. The van der Waals surface area contributed by atoms with Crippen molar-refractivity contribution in [2.24, 2.45) is 5.73 Å². The fourth-order valence-electron chi connectivity index (χ4n) is 1.58. The van der Waals surface area contributed by atoms with E-state index in [-0.39, 0.29) is 5.97 Å². The topological polar surface area (TPSA) is 61.5 Å². The minimum Gasteiger partial charge on any atom is -0.497 e. The number of carbonyl (C=O) groups is 1. The summed E-state index contributed by atoms with van der Waals surface area (Å²) in [5.41, 5.74) is 6.78. The average Bonchev–Trinajstić information content (AvgIpc) is 2.44. The number of hydrogen-bond donors (Lipinski definition) is 1. The number of hydrogen-bond acceptors (Lipinski definition) is 4. The van der Waals surface area contributed by atoms with Gasteiger partial charge in [0.25, 0.3) is 0 Å². The lowest BCUT2D eigenvalue weighted by atomic mass is 10.1. The lowest BCUT2D eigenvalue weighted by Gasteiger charge is -2.11. The molecular formula is C14H20ClNO3. The Morgan fingerprint density at radius 3 is 2.58 bits per heavy atom. The molecule has 0 amide bonds. The summed E-state index contributed by atoms with van der Waals surface area (Å²) in [5.74, 6) is 0.987. The number of benzene rings is 1. The van der Waals surface area contributed by atoms with Crippen LogP contribution in [0.1, 0.15) is 18.4 Å². The van der Waals surface area contributed by atoms with Crippen molar-refractivity contribution in [3.8, 4) is 5.75 Å². The van der Waals surface area contributed by atoms with E-state index in [0.717, 1.165) is 24.2 Å². The van der Waals surface area contributed by atoms with Gasteiger partial charge in [-0.15, -0.1) is 11.6 Å². The summed E-state index contributed by atoms with van der Waals surface area (Å²) in [6, 6.07) is 6.82. The van der Waals surface area contributed by atoms with Gasteiger partial charge in [-0.1, -0.05) is 12.1 Å². The molecule has 1 atom stereocenters. The second kappa shape index (κ2) is 8.77. The number of esters is 1. The third kappa shape index (κ3) is 5.94. The average molecular weight is 286 g/mol. The standard InChI is InChI=1S/C14H20ClNO3/c1-18-12-6-4-11(5-7-12)10-13(16)14(17)19-9-3-2-8-15/h4-7,13H,2-3,8-10,16H2,1H3/t13-/m0/s1. The number of halogens is 1. The van der Waals surface area contributed by atoms with Crippen LogP contribution in [0, 0.1) is 0 Å². The van der Waals surface area contributed by atoms with Gasteiger partial charge in [0, 0.05) is 5.88 Å². The lowest BCUT2D eigenvalue weighted by molar-refractivity contribution is -0.145. The van der Waals surface area contributed by atoms with Crippen molar-refractivity contribution in [2.45, 2.75) is 25.3 Å². The summed E-state index contributed by atoms with van der Waals surface area (Å²) in [7, 11) is 1.61. The Bertz CT molecular complexity index is 381. The van der Waals surface area contributed by atoms with E-state index < -0.39 is 6.04 Å². The molecule has 5 heteroatoms. The fraction of sp³-hybridized carbons (Fsp3) is 0.500. The summed E-state index contributed by atoms with van der Waals surface area (Å²) in [4.78, 5) is 11.6. The molecule has 0 spiro atoms. The molecule has 1 rings (SSSR count). The van der Waals surface area contributed by atoms with Crippen LogP contribution in [0.25, 0.3) is 0 Å². The number of methoxy groups -OCH3 is 1. The molecule has 0 aliphatic heterocycles. The molecule has 0 unspecified atom stereocenters. The van der Waals surface area contributed by atoms with Crippen molar-refractivity contribution in [1.82, 2.24) is 0 Å². The van der Waals surface area contributed by atoms with Crippen LogP contribution in [0.5, 0.6) is 5.75 Å². The molecule has 1 aromatic rings. The molecule has 106 valence electrons. The van der Waals surface area contributed by atoms with Crippen LogP contribution in [0.4, 0.5) is 0 Å². The van der Waals surface area contributed by atoms with Gasteiger partial charge in [0.2, 0.25) is 0 Å². The van der Waals surface area contributed by atoms with Gasteiger partial charge in [0.1, 0.15) is 11.8 Å². The summed E-state index contributed by atoms with van der Waals surface area (Å²) < 4.78 is 10.1. The molecule has 1 aromatic carbocycles. The third-order valence-corrected chi connectivity index (χ3v) is 2.96. The van der Waals surface area contributed by atoms with Crippen LogP contribution in [0.3, 0.4) is 0 Å². The molecular weight excluding hydrogens is 266 g/mol. The fourth-order valence-corrected chi connectivity index (χ4v) is 1.76. The zero-order valence-electron chi connectivity index (χ0n) is 11.1. The number of nitrogens with two attached hydrogens (primary N) is 1. The number of ether oxygens (including phenoxy) is 2. The van der Waals surface area contributed by atoms with E-state index in [0.29, 0.717) is 18.9 Å². The van der Waals surface area contributed by atoms with Crippen molar-refractivity contribution in [2.75, 3.05) is 19.6 Å². The summed E-state index contributed by atoms with van der Waals surface area (Å²) in [6.45, 7) is 0.377. The van der Waals surface area contributed by atoms with E-state index in [1.165, 1.54) is 0 Å². The van der Waals surface area contributed by atoms with Crippen LogP contribution in [-0.2, 0) is 16.0 Å². The molecule has 0 aliphatic carbocycles. The molecule has 0 saturated heterocycles. The molecule has 0 bridgehead atoms. The zero-order valence-corrected chi connectivity index (χ0v) is 11.9. The van der Waals surface area contributed by atoms with Gasteiger partial charge < -0.3 is 15.2 Å². The zero-order chi connectivity index (χ0) is 14.1. The van der Waals surface area contributed by atoms with E-state index in [2.05, 4.69) is 0 Å². The van der Waals surface area contributed by atoms with Crippen molar-refractivity contribution >= 4 is 17.6 Å². The molecule has 0 aliphatic rings. The highest BCUT2D eigenvalue weighted by Crippen LogP contribution is 2.12. The monoisotopic (exact) mass is 285 g/mol. The maximum absolute atomic E-state index is 11.6. The molecule has 19 heavy (non-hydrogen) atoms. The Morgan fingerprint density at radius 1 is 1.32 bits per heavy atom. The SMILES string of the molecule is COc1ccc(C[C@H](N)C(=O)OCCCCCl)cc1. The van der Waals surface area contributed by atoms with Crippen LogP contribution < -0.4 is 10.5 Å². The number of unbranched alkanes of at least 4 members (excludes halogenated alkanes) is 1. The number of carbonyl (C=O) groups excluding carboxylic acids is 1. The van der Waals surface area contributed by atoms with Gasteiger partial charge in [-0.25, -0.2) is 0 Å². The van der Waals surface area contributed by atoms with Crippen molar-refractivity contribution in [1.29, 1.82) is 0 Å². The van der Waals surface area contributed by atoms with Gasteiger partial charge in [0.05, 0.1) is 13.7 Å². The molecule has 0 heterocycles. The first-order chi connectivity index (χ1) is 9.17. The van der Waals surface area contributed by atoms with E-state index >= 15 is 0 Å². The molecule has 0 fully saturated rings. The second-order valence-electron chi connectivity index (χ2n) is 4.22. The van der Waals surface area contributed by atoms with E-state index in [1.54, 1.807) is 7.11 Å². The molecule has 0 saturated carbocycles. The Balaban J connectivity index is 2.35. The van der Waals surface area contributed by atoms with Crippen molar-refractivity contribution in [3.63, 3.8) is 0 Å². The molecule has 0 radical (unpaired) electrons. The van der Waals surface area contributed by atoms with Crippen molar-refractivity contribution in [3.05, 3.63) is 29.8 Å². The highest BCUT2D eigenvalue weighted by Gasteiger charge is 2.15. The summed E-state index contributed by atoms with van der Waals surface area (Å²) in [5, 5.41) is 0.